The Kier molecular flexibility index (Phi) is 5.97. The molecule has 1 aliphatic heterocycles. The molecule has 5 nitrogen and oxygen atoms in total. The van der Waals surface area contributed by atoms with Crippen molar-refractivity contribution >= 4 is 11.9 Å². The molecule has 0 bridgehead atoms. The molecule has 0 aromatic heterocycles. The Balaban J connectivity index is 2.39. The smallest absolute Gasteiger partial charge is 0.326 e. The number of ether oxygens (including phenoxy) is 1. The first-order chi connectivity index (χ1) is 8.16. The Bertz CT molecular complexity index is 267. The molecule has 1 unspecified atom stereocenters. The maximum Gasteiger partial charge on any atom is 0.326 e. The molecule has 5 heteroatoms. The van der Waals surface area contributed by atoms with Crippen LogP contribution in [0.2, 0.25) is 0 Å². The highest BCUT2D eigenvalue weighted by Gasteiger charge is 2.31. The van der Waals surface area contributed by atoms with Gasteiger partial charge in [0.1, 0.15) is 6.04 Å². The molecule has 0 aliphatic carbocycles. The fourth-order valence-corrected chi connectivity index (χ4v) is 2.04. The van der Waals surface area contributed by atoms with E-state index in [0.29, 0.717) is 26.2 Å². The third-order valence-electron chi connectivity index (χ3n) is 2.92. The van der Waals surface area contributed by atoms with Gasteiger partial charge in [0.25, 0.3) is 0 Å². The highest BCUT2D eigenvalue weighted by atomic mass is 16.5. The van der Waals surface area contributed by atoms with Gasteiger partial charge in [-0.05, 0) is 25.7 Å². The van der Waals surface area contributed by atoms with Crippen LogP contribution in [-0.2, 0) is 14.3 Å². The first-order valence-electron chi connectivity index (χ1n) is 6.26. The van der Waals surface area contributed by atoms with Crippen LogP contribution >= 0.6 is 0 Å². The summed E-state index contributed by atoms with van der Waals surface area (Å²) < 4.78 is 5.25. The first kappa shape index (κ1) is 14.0. The van der Waals surface area contributed by atoms with E-state index in [1.807, 2.05) is 6.92 Å². The number of carboxylic acid groups (broad SMARTS) is 1. The number of carboxylic acids is 1. The zero-order chi connectivity index (χ0) is 12.7. The van der Waals surface area contributed by atoms with Crippen molar-refractivity contribution in [3.05, 3.63) is 0 Å². The van der Waals surface area contributed by atoms with E-state index >= 15 is 0 Å². The molecule has 17 heavy (non-hydrogen) atoms. The molecule has 1 amide bonds. The number of carbonyl (C=O) groups is 2. The molecule has 1 rings (SSSR count). The van der Waals surface area contributed by atoms with Crippen molar-refractivity contribution < 1.29 is 19.4 Å². The van der Waals surface area contributed by atoms with Crippen LogP contribution in [0.25, 0.3) is 0 Å². The molecular weight excluding hydrogens is 222 g/mol. The summed E-state index contributed by atoms with van der Waals surface area (Å²) in [5.41, 5.74) is 0. The fraction of sp³-hybridized carbons (Fsp3) is 0.833. The second-order valence-corrected chi connectivity index (χ2v) is 4.30. The van der Waals surface area contributed by atoms with Crippen LogP contribution in [0.3, 0.4) is 0 Å². The molecule has 98 valence electrons. The third-order valence-corrected chi connectivity index (χ3v) is 2.92. The summed E-state index contributed by atoms with van der Waals surface area (Å²) in [6.07, 6.45) is 3.55. The Labute approximate surface area is 102 Å². The standard InChI is InChI=1S/C12H21NO4/c1-2-8-17-9-6-11(14)13-7-4-3-5-10(13)12(15)16/h10H,2-9H2,1H3,(H,15,16). The van der Waals surface area contributed by atoms with Crippen LogP contribution in [0.15, 0.2) is 0 Å². The van der Waals surface area contributed by atoms with Crippen molar-refractivity contribution in [2.75, 3.05) is 19.8 Å². The van der Waals surface area contributed by atoms with Gasteiger partial charge >= 0.3 is 5.97 Å². The Morgan fingerprint density at radius 1 is 1.35 bits per heavy atom. The Hall–Kier alpha value is -1.10. The largest absolute Gasteiger partial charge is 0.480 e. The average Bonchev–Trinajstić information content (AvgIpc) is 2.34. The number of likely N-dealkylation sites (tertiary alicyclic amines) is 1. The topological polar surface area (TPSA) is 66.8 Å². The predicted molar refractivity (Wildman–Crippen MR) is 62.7 cm³/mol. The van der Waals surface area contributed by atoms with Crippen molar-refractivity contribution in [1.29, 1.82) is 0 Å². The quantitative estimate of drug-likeness (QED) is 0.713. The van der Waals surface area contributed by atoms with Crippen LogP contribution in [-0.4, -0.2) is 47.7 Å². The van der Waals surface area contributed by atoms with Gasteiger partial charge in [0.15, 0.2) is 0 Å². The van der Waals surface area contributed by atoms with E-state index in [0.717, 1.165) is 19.3 Å². The van der Waals surface area contributed by atoms with Gasteiger partial charge in [-0.25, -0.2) is 4.79 Å². The zero-order valence-corrected chi connectivity index (χ0v) is 10.4. The monoisotopic (exact) mass is 243 g/mol. The minimum Gasteiger partial charge on any atom is -0.480 e. The van der Waals surface area contributed by atoms with E-state index in [1.54, 1.807) is 0 Å². The Morgan fingerprint density at radius 3 is 2.76 bits per heavy atom. The van der Waals surface area contributed by atoms with Crippen LogP contribution in [0.4, 0.5) is 0 Å². The summed E-state index contributed by atoms with van der Waals surface area (Å²) >= 11 is 0. The summed E-state index contributed by atoms with van der Waals surface area (Å²) in [7, 11) is 0. The SMILES string of the molecule is CCCOCCC(=O)N1CCCCC1C(=O)O. The number of aliphatic carboxylic acids is 1. The third kappa shape index (κ3) is 4.34. The average molecular weight is 243 g/mol. The molecule has 0 aromatic rings. The lowest BCUT2D eigenvalue weighted by Gasteiger charge is -2.33. The van der Waals surface area contributed by atoms with Gasteiger partial charge in [-0.15, -0.1) is 0 Å². The number of hydrogen-bond donors (Lipinski definition) is 1. The van der Waals surface area contributed by atoms with E-state index in [-0.39, 0.29) is 12.3 Å². The minimum absolute atomic E-state index is 0.104. The summed E-state index contributed by atoms with van der Waals surface area (Å²) in [4.78, 5) is 24.4. The Morgan fingerprint density at radius 2 is 2.12 bits per heavy atom. The number of hydrogen-bond acceptors (Lipinski definition) is 3. The van der Waals surface area contributed by atoms with Gasteiger partial charge in [-0.1, -0.05) is 6.92 Å². The van der Waals surface area contributed by atoms with Crippen molar-refractivity contribution in [2.45, 2.75) is 45.1 Å². The van der Waals surface area contributed by atoms with E-state index in [1.165, 1.54) is 4.90 Å². The zero-order valence-electron chi connectivity index (χ0n) is 10.4. The van der Waals surface area contributed by atoms with Crippen molar-refractivity contribution in [3.8, 4) is 0 Å². The lowest BCUT2D eigenvalue weighted by atomic mass is 10.0. The normalized spacial score (nSPS) is 20.3. The molecule has 0 aromatic carbocycles. The van der Waals surface area contributed by atoms with E-state index in [9.17, 15) is 9.59 Å². The van der Waals surface area contributed by atoms with Crippen molar-refractivity contribution in [3.63, 3.8) is 0 Å². The lowest BCUT2D eigenvalue weighted by molar-refractivity contribution is -0.152. The molecule has 1 aliphatic rings. The molecular formula is C12H21NO4. The summed E-state index contributed by atoms with van der Waals surface area (Å²) in [6, 6.07) is -0.637. The maximum atomic E-state index is 11.9. The van der Waals surface area contributed by atoms with Crippen LogP contribution in [0.5, 0.6) is 0 Å². The number of carbonyl (C=O) groups excluding carboxylic acids is 1. The second-order valence-electron chi connectivity index (χ2n) is 4.30. The lowest BCUT2D eigenvalue weighted by Crippen LogP contribution is -2.48. The summed E-state index contributed by atoms with van der Waals surface area (Å²) in [5.74, 6) is -0.999. The first-order valence-corrected chi connectivity index (χ1v) is 6.26. The molecule has 1 fully saturated rings. The molecule has 0 spiro atoms. The van der Waals surface area contributed by atoms with E-state index in [4.69, 9.17) is 9.84 Å². The van der Waals surface area contributed by atoms with Gasteiger partial charge in [-0.3, -0.25) is 4.79 Å². The van der Waals surface area contributed by atoms with Gasteiger partial charge in [-0.2, -0.15) is 0 Å². The van der Waals surface area contributed by atoms with Gasteiger partial charge in [0.05, 0.1) is 13.0 Å². The van der Waals surface area contributed by atoms with Crippen LogP contribution in [0, 0.1) is 0 Å². The van der Waals surface area contributed by atoms with Gasteiger partial charge in [0.2, 0.25) is 5.91 Å². The minimum atomic E-state index is -0.896. The predicted octanol–water partition coefficient (Wildman–Crippen LogP) is 1.27. The van der Waals surface area contributed by atoms with Crippen molar-refractivity contribution in [2.24, 2.45) is 0 Å². The molecule has 1 atom stereocenters. The van der Waals surface area contributed by atoms with E-state index < -0.39 is 12.0 Å². The molecule has 1 N–H and O–H groups in total. The highest BCUT2D eigenvalue weighted by Crippen LogP contribution is 2.18. The number of nitrogens with zero attached hydrogens (tertiary/aromatic N) is 1. The number of rotatable bonds is 6. The number of amides is 1. The molecule has 0 radical (unpaired) electrons. The second kappa shape index (κ2) is 7.27. The maximum absolute atomic E-state index is 11.9. The molecule has 0 saturated carbocycles. The van der Waals surface area contributed by atoms with Crippen LogP contribution < -0.4 is 0 Å². The summed E-state index contributed by atoms with van der Waals surface area (Å²) in [5, 5.41) is 9.04. The fourth-order valence-electron chi connectivity index (χ4n) is 2.04. The van der Waals surface area contributed by atoms with Crippen LogP contribution in [0.1, 0.15) is 39.0 Å². The van der Waals surface area contributed by atoms with Gasteiger partial charge in [0, 0.05) is 13.2 Å². The van der Waals surface area contributed by atoms with Gasteiger partial charge < -0.3 is 14.7 Å². The highest BCUT2D eigenvalue weighted by molar-refractivity contribution is 5.83. The van der Waals surface area contributed by atoms with Crippen molar-refractivity contribution in [1.82, 2.24) is 4.90 Å². The summed E-state index contributed by atoms with van der Waals surface area (Å²) in [6.45, 7) is 3.60. The molecule has 1 heterocycles. The van der Waals surface area contributed by atoms with E-state index in [2.05, 4.69) is 0 Å². The number of piperidine rings is 1. The molecule has 1 saturated heterocycles.